The Balaban J connectivity index is 4.77. The number of carbonyl (C=O) groups excluding carboxylic acids is 2. The molecule has 0 heterocycles. The molecule has 4 heteroatoms. The number of rotatable bonds is 8. The van der Waals surface area contributed by atoms with E-state index in [4.69, 9.17) is 0 Å². The normalized spacial score (nSPS) is 11.2. The third-order valence-electron chi connectivity index (χ3n) is 3.71. The van der Waals surface area contributed by atoms with Gasteiger partial charge in [-0.2, -0.15) is 0 Å². The van der Waals surface area contributed by atoms with E-state index in [0.717, 1.165) is 12.8 Å². The van der Waals surface area contributed by atoms with E-state index in [-0.39, 0.29) is 5.41 Å². The molecule has 0 aromatic rings. The second kappa shape index (κ2) is 7.94. The number of isocyanates is 2. The first-order valence-electron chi connectivity index (χ1n) is 6.08. The summed E-state index contributed by atoms with van der Waals surface area (Å²) in [6.07, 6.45) is 4.89. The topological polar surface area (TPSA) is 58.9 Å². The lowest BCUT2D eigenvalue weighted by Crippen LogP contribution is -2.36. The van der Waals surface area contributed by atoms with E-state index < -0.39 is 0 Å². The molecule has 4 nitrogen and oxygen atoms in total. The number of hydrogen-bond donors (Lipinski definition) is 0. The zero-order valence-electron chi connectivity index (χ0n) is 11.2. The van der Waals surface area contributed by atoms with Crippen LogP contribution in [0.1, 0.15) is 40.5 Å². The molecule has 0 fully saturated rings. The van der Waals surface area contributed by atoms with Crippen molar-refractivity contribution in [1.82, 2.24) is 0 Å². The maximum absolute atomic E-state index is 10.3. The monoisotopic (exact) mass is 238 g/mol. The van der Waals surface area contributed by atoms with Gasteiger partial charge in [-0.3, -0.25) is 0 Å². The molecule has 0 aliphatic carbocycles. The van der Waals surface area contributed by atoms with E-state index in [0.29, 0.717) is 24.9 Å². The highest BCUT2D eigenvalue weighted by atomic mass is 16.1. The van der Waals surface area contributed by atoms with Gasteiger partial charge < -0.3 is 0 Å². The second-order valence-corrected chi connectivity index (χ2v) is 5.03. The Hall–Kier alpha value is -1.24. The molecule has 0 radical (unpaired) electrons. The van der Waals surface area contributed by atoms with Crippen LogP contribution < -0.4 is 0 Å². The van der Waals surface area contributed by atoms with Crippen LogP contribution in [-0.4, -0.2) is 25.2 Å². The van der Waals surface area contributed by atoms with Crippen LogP contribution in [0.4, 0.5) is 0 Å². The summed E-state index contributed by atoms with van der Waals surface area (Å²) < 4.78 is 0. The molecule has 0 rings (SSSR count). The highest BCUT2D eigenvalue weighted by Crippen LogP contribution is 2.40. The molecule has 0 saturated carbocycles. The first-order valence-corrected chi connectivity index (χ1v) is 6.08. The molecule has 0 N–H and O–H groups in total. The SMILES string of the molecule is CC(C)C(CCCN=C=O)(CN=C=O)C(C)C. The van der Waals surface area contributed by atoms with Crippen molar-refractivity contribution in [3.8, 4) is 0 Å². The van der Waals surface area contributed by atoms with Crippen LogP contribution in [0.5, 0.6) is 0 Å². The van der Waals surface area contributed by atoms with Gasteiger partial charge in [0.05, 0.1) is 13.1 Å². The number of nitrogens with zero attached hydrogens (tertiary/aromatic N) is 2. The molecular formula is C13H22N2O2. The van der Waals surface area contributed by atoms with Crippen LogP contribution >= 0.6 is 0 Å². The predicted octanol–water partition coefficient (Wildman–Crippen LogP) is 2.74. The van der Waals surface area contributed by atoms with Gasteiger partial charge >= 0.3 is 0 Å². The van der Waals surface area contributed by atoms with Crippen LogP contribution in [0.2, 0.25) is 0 Å². The van der Waals surface area contributed by atoms with E-state index in [1.807, 2.05) is 0 Å². The fourth-order valence-electron chi connectivity index (χ4n) is 2.40. The zero-order chi connectivity index (χ0) is 13.3. The minimum Gasteiger partial charge on any atom is -0.211 e. The summed E-state index contributed by atoms with van der Waals surface area (Å²) in [7, 11) is 0. The minimum absolute atomic E-state index is 0.0180. The molecule has 0 amide bonds. The fourth-order valence-corrected chi connectivity index (χ4v) is 2.40. The van der Waals surface area contributed by atoms with Crippen LogP contribution in [-0.2, 0) is 9.59 Å². The maximum atomic E-state index is 10.3. The van der Waals surface area contributed by atoms with Gasteiger partial charge in [0, 0.05) is 0 Å². The van der Waals surface area contributed by atoms with Gasteiger partial charge in [-0.25, -0.2) is 19.6 Å². The lowest BCUT2D eigenvalue weighted by Gasteiger charge is -2.40. The van der Waals surface area contributed by atoms with Crippen molar-refractivity contribution in [3.05, 3.63) is 0 Å². The second-order valence-electron chi connectivity index (χ2n) is 5.03. The molecule has 96 valence electrons. The Morgan fingerprint density at radius 1 is 1.00 bits per heavy atom. The summed E-state index contributed by atoms with van der Waals surface area (Å²) in [6, 6.07) is 0. The molecule has 0 aliphatic rings. The molecule has 0 unspecified atom stereocenters. The van der Waals surface area contributed by atoms with E-state index in [9.17, 15) is 9.59 Å². The van der Waals surface area contributed by atoms with Crippen molar-refractivity contribution < 1.29 is 9.59 Å². The van der Waals surface area contributed by atoms with Crippen LogP contribution in [0.25, 0.3) is 0 Å². The third-order valence-corrected chi connectivity index (χ3v) is 3.71. The summed E-state index contributed by atoms with van der Waals surface area (Å²) in [5, 5.41) is 0. The van der Waals surface area contributed by atoms with Crippen molar-refractivity contribution in [2.24, 2.45) is 27.2 Å². The van der Waals surface area contributed by atoms with Gasteiger partial charge in [0.1, 0.15) is 0 Å². The smallest absolute Gasteiger partial charge is 0.211 e. The van der Waals surface area contributed by atoms with Crippen LogP contribution in [0.15, 0.2) is 9.98 Å². The van der Waals surface area contributed by atoms with Crippen LogP contribution in [0, 0.1) is 17.3 Å². The van der Waals surface area contributed by atoms with Crippen molar-refractivity contribution in [2.75, 3.05) is 13.1 Å². The van der Waals surface area contributed by atoms with Crippen molar-refractivity contribution >= 4 is 12.2 Å². The van der Waals surface area contributed by atoms with Crippen molar-refractivity contribution in [3.63, 3.8) is 0 Å². The first kappa shape index (κ1) is 15.8. The van der Waals surface area contributed by atoms with Gasteiger partial charge in [0.2, 0.25) is 12.2 Å². The highest BCUT2D eigenvalue weighted by molar-refractivity contribution is 5.33. The van der Waals surface area contributed by atoms with Crippen LogP contribution in [0.3, 0.4) is 0 Å². The average Bonchev–Trinajstić information content (AvgIpc) is 2.27. The standard InChI is InChI=1S/C13H22N2O2/c1-11(2)13(12(3)4,8-15-10-17)6-5-7-14-9-16/h11-12H,5-8H2,1-4H3. The molecule has 0 spiro atoms. The Kier molecular flexibility index (Phi) is 7.36. The molecule has 0 aromatic heterocycles. The molecule has 0 aromatic carbocycles. The fraction of sp³-hybridized carbons (Fsp3) is 0.846. The molecule has 0 saturated heterocycles. The molecule has 0 bridgehead atoms. The summed E-state index contributed by atoms with van der Waals surface area (Å²) in [5.41, 5.74) is -0.0180. The molecule has 0 aliphatic heterocycles. The van der Waals surface area contributed by atoms with E-state index in [1.165, 1.54) is 0 Å². The van der Waals surface area contributed by atoms with E-state index in [1.54, 1.807) is 12.2 Å². The summed E-state index contributed by atoms with van der Waals surface area (Å²) in [5.74, 6) is 0.833. The molecule has 17 heavy (non-hydrogen) atoms. The number of aliphatic imine (C=N–C) groups is 2. The molecule has 0 atom stereocenters. The predicted molar refractivity (Wildman–Crippen MR) is 67.3 cm³/mol. The minimum atomic E-state index is -0.0180. The lowest BCUT2D eigenvalue weighted by atomic mass is 9.66. The van der Waals surface area contributed by atoms with Gasteiger partial charge in [-0.15, -0.1) is 0 Å². The quantitative estimate of drug-likeness (QED) is 0.371. The summed E-state index contributed by atoms with van der Waals surface area (Å²) >= 11 is 0. The summed E-state index contributed by atoms with van der Waals surface area (Å²) in [6.45, 7) is 9.56. The van der Waals surface area contributed by atoms with E-state index in [2.05, 4.69) is 37.7 Å². The van der Waals surface area contributed by atoms with E-state index >= 15 is 0 Å². The largest absolute Gasteiger partial charge is 0.234 e. The van der Waals surface area contributed by atoms with Crippen molar-refractivity contribution in [1.29, 1.82) is 0 Å². The van der Waals surface area contributed by atoms with Gasteiger partial charge in [-0.1, -0.05) is 27.7 Å². The Bertz CT molecular complexity index is 303. The van der Waals surface area contributed by atoms with Gasteiger partial charge in [-0.05, 0) is 30.1 Å². The summed E-state index contributed by atoms with van der Waals surface area (Å²) in [4.78, 5) is 27.7. The zero-order valence-corrected chi connectivity index (χ0v) is 11.2. The Labute approximate surface area is 103 Å². The maximum Gasteiger partial charge on any atom is 0.234 e. The third kappa shape index (κ3) is 4.64. The molecular weight excluding hydrogens is 216 g/mol. The number of hydrogen-bond acceptors (Lipinski definition) is 4. The van der Waals surface area contributed by atoms with Crippen molar-refractivity contribution in [2.45, 2.75) is 40.5 Å². The highest BCUT2D eigenvalue weighted by Gasteiger charge is 2.36. The van der Waals surface area contributed by atoms with Gasteiger partial charge in [0.25, 0.3) is 0 Å². The Morgan fingerprint density at radius 3 is 1.94 bits per heavy atom. The lowest BCUT2D eigenvalue weighted by molar-refractivity contribution is 0.107. The van der Waals surface area contributed by atoms with Gasteiger partial charge in [0.15, 0.2) is 0 Å². The first-order chi connectivity index (χ1) is 8.01. The average molecular weight is 238 g/mol. The Morgan fingerprint density at radius 2 is 1.53 bits per heavy atom.